The second kappa shape index (κ2) is 6.46. The van der Waals surface area contributed by atoms with Crippen LogP contribution in [0.25, 0.3) is 0 Å². The van der Waals surface area contributed by atoms with Crippen LogP contribution in [-0.2, 0) is 4.79 Å². The van der Waals surface area contributed by atoms with Crippen molar-refractivity contribution in [2.24, 2.45) is 5.92 Å². The minimum Gasteiger partial charge on any atom is -0.321 e. The molecule has 3 heterocycles. The molecule has 2 fully saturated rings. The van der Waals surface area contributed by atoms with E-state index in [1.165, 1.54) is 12.0 Å². The van der Waals surface area contributed by atoms with Crippen LogP contribution in [0.5, 0.6) is 0 Å². The van der Waals surface area contributed by atoms with Gasteiger partial charge in [0.15, 0.2) is 0 Å². The summed E-state index contributed by atoms with van der Waals surface area (Å²) in [4.78, 5) is 17.2. The molecule has 21 heavy (non-hydrogen) atoms. The van der Waals surface area contributed by atoms with E-state index in [4.69, 9.17) is 0 Å². The first-order valence-corrected chi connectivity index (χ1v) is 8.90. The molecule has 5 heteroatoms. The second-order valence-electron chi connectivity index (χ2n) is 6.37. The Hall–Kier alpha value is -0.910. The number of likely N-dealkylation sites (tertiary alicyclic amines) is 1. The summed E-state index contributed by atoms with van der Waals surface area (Å²) in [5.74, 6) is 0.907. The van der Waals surface area contributed by atoms with Gasteiger partial charge in [-0.2, -0.15) is 11.3 Å². The number of nitrogens with one attached hydrogen (secondary N) is 1. The van der Waals surface area contributed by atoms with Gasteiger partial charge in [0.1, 0.15) is 6.17 Å². The number of carbonyl (C=O) groups excluding carboxylic acids is 1. The highest BCUT2D eigenvalue weighted by Crippen LogP contribution is 2.30. The highest BCUT2D eigenvalue weighted by atomic mass is 32.1. The lowest BCUT2D eigenvalue weighted by Crippen LogP contribution is -2.36. The number of carbonyl (C=O) groups is 1. The van der Waals surface area contributed by atoms with E-state index in [0.717, 1.165) is 32.5 Å². The average Bonchev–Trinajstić information content (AvgIpc) is 3.16. The third kappa shape index (κ3) is 3.15. The summed E-state index contributed by atoms with van der Waals surface area (Å²) < 4.78 is 0. The van der Waals surface area contributed by atoms with Crippen LogP contribution < -0.4 is 5.32 Å². The van der Waals surface area contributed by atoms with Crippen molar-refractivity contribution in [3.05, 3.63) is 22.4 Å². The highest BCUT2D eigenvalue weighted by molar-refractivity contribution is 7.07. The molecule has 2 aliphatic rings. The maximum absolute atomic E-state index is 12.7. The molecule has 0 radical (unpaired) electrons. The van der Waals surface area contributed by atoms with Crippen molar-refractivity contribution in [1.29, 1.82) is 0 Å². The van der Waals surface area contributed by atoms with E-state index in [0.29, 0.717) is 11.8 Å². The Kier molecular flexibility index (Phi) is 4.62. The molecule has 1 aromatic rings. The van der Waals surface area contributed by atoms with Crippen molar-refractivity contribution in [2.75, 3.05) is 26.7 Å². The van der Waals surface area contributed by atoms with Gasteiger partial charge in [0.25, 0.3) is 0 Å². The van der Waals surface area contributed by atoms with Crippen LogP contribution in [0, 0.1) is 5.92 Å². The molecule has 1 aromatic heterocycles. The molecule has 116 valence electrons. The fourth-order valence-corrected chi connectivity index (χ4v) is 4.21. The Morgan fingerprint density at radius 1 is 1.48 bits per heavy atom. The molecule has 0 bridgehead atoms. The van der Waals surface area contributed by atoms with Crippen LogP contribution in [0.2, 0.25) is 0 Å². The van der Waals surface area contributed by atoms with Crippen LogP contribution in [0.3, 0.4) is 0 Å². The average molecular weight is 307 g/mol. The number of hydrogen-bond acceptors (Lipinski definition) is 4. The van der Waals surface area contributed by atoms with E-state index >= 15 is 0 Å². The Labute approximate surface area is 131 Å². The van der Waals surface area contributed by atoms with Crippen LogP contribution >= 0.6 is 11.3 Å². The molecule has 4 nitrogen and oxygen atoms in total. The summed E-state index contributed by atoms with van der Waals surface area (Å²) in [5.41, 5.74) is 1.23. The standard InChI is InChI=1S/C16H25N3OS/c1-3-4-14-16(20)19(10-12-5-7-18(2)9-12)15(17-14)13-6-8-21-11-13/h6,8,11-12,14-15,17H,3-5,7,9-10H2,1-2H3. The molecule has 2 saturated heterocycles. The van der Waals surface area contributed by atoms with E-state index in [1.807, 2.05) is 0 Å². The van der Waals surface area contributed by atoms with E-state index < -0.39 is 0 Å². The third-order valence-electron chi connectivity index (χ3n) is 4.63. The molecule has 0 spiro atoms. The Bertz CT molecular complexity index is 476. The third-order valence-corrected chi connectivity index (χ3v) is 5.33. The SMILES string of the molecule is CCCC1NC(c2ccsc2)N(CC2CCN(C)C2)C1=O. The summed E-state index contributed by atoms with van der Waals surface area (Å²) in [6, 6.07) is 2.14. The van der Waals surface area contributed by atoms with Gasteiger partial charge in [-0.1, -0.05) is 13.3 Å². The number of nitrogens with zero attached hydrogens (tertiary/aromatic N) is 2. The summed E-state index contributed by atoms with van der Waals surface area (Å²) in [7, 11) is 2.17. The number of amides is 1. The largest absolute Gasteiger partial charge is 0.321 e. The lowest BCUT2D eigenvalue weighted by molar-refractivity contribution is -0.130. The van der Waals surface area contributed by atoms with Crippen LogP contribution in [0.15, 0.2) is 16.8 Å². The van der Waals surface area contributed by atoms with Gasteiger partial charge in [-0.3, -0.25) is 10.1 Å². The zero-order valence-electron chi connectivity index (χ0n) is 12.9. The van der Waals surface area contributed by atoms with E-state index in [1.54, 1.807) is 11.3 Å². The Morgan fingerprint density at radius 2 is 2.33 bits per heavy atom. The van der Waals surface area contributed by atoms with E-state index in [-0.39, 0.29) is 12.2 Å². The number of rotatable bonds is 5. The molecule has 1 amide bonds. The molecule has 0 aromatic carbocycles. The van der Waals surface area contributed by atoms with Gasteiger partial charge in [0.05, 0.1) is 6.04 Å². The molecule has 1 N–H and O–H groups in total. The maximum atomic E-state index is 12.7. The van der Waals surface area contributed by atoms with Crippen molar-refractivity contribution in [3.63, 3.8) is 0 Å². The number of hydrogen-bond donors (Lipinski definition) is 1. The lowest BCUT2D eigenvalue weighted by atomic mass is 10.1. The first kappa shape index (κ1) is 15.0. The fraction of sp³-hybridized carbons (Fsp3) is 0.688. The highest BCUT2D eigenvalue weighted by Gasteiger charge is 2.40. The zero-order chi connectivity index (χ0) is 14.8. The Balaban J connectivity index is 1.74. The van der Waals surface area contributed by atoms with Gasteiger partial charge in [-0.25, -0.2) is 0 Å². The second-order valence-corrected chi connectivity index (χ2v) is 7.15. The molecule has 2 aliphatic heterocycles. The monoisotopic (exact) mass is 307 g/mol. The summed E-state index contributed by atoms with van der Waals surface area (Å²) in [6.45, 7) is 5.29. The molecule has 3 atom stereocenters. The summed E-state index contributed by atoms with van der Waals surface area (Å²) >= 11 is 1.70. The Morgan fingerprint density at radius 3 is 2.95 bits per heavy atom. The fourth-order valence-electron chi connectivity index (χ4n) is 3.53. The van der Waals surface area contributed by atoms with E-state index in [9.17, 15) is 4.79 Å². The van der Waals surface area contributed by atoms with Crippen molar-refractivity contribution in [3.8, 4) is 0 Å². The molecule has 3 unspecified atom stereocenters. The van der Waals surface area contributed by atoms with Crippen molar-refractivity contribution in [1.82, 2.24) is 15.1 Å². The molecule has 0 saturated carbocycles. The predicted molar refractivity (Wildman–Crippen MR) is 86.2 cm³/mol. The van der Waals surface area contributed by atoms with Gasteiger partial charge in [-0.05, 0) is 54.7 Å². The number of thiophene rings is 1. The first-order chi connectivity index (χ1) is 10.2. The maximum Gasteiger partial charge on any atom is 0.241 e. The molecule has 0 aliphatic carbocycles. The van der Waals surface area contributed by atoms with Crippen molar-refractivity contribution >= 4 is 17.2 Å². The van der Waals surface area contributed by atoms with Crippen LogP contribution in [-0.4, -0.2) is 48.4 Å². The van der Waals surface area contributed by atoms with Gasteiger partial charge in [-0.15, -0.1) is 0 Å². The zero-order valence-corrected chi connectivity index (χ0v) is 13.7. The van der Waals surface area contributed by atoms with Gasteiger partial charge in [0.2, 0.25) is 5.91 Å². The quantitative estimate of drug-likeness (QED) is 0.906. The van der Waals surface area contributed by atoms with E-state index in [2.05, 4.69) is 45.9 Å². The minimum atomic E-state index is -0.000896. The van der Waals surface area contributed by atoms with Crippen LogP contribution in [0.4, 0.5) is 0 Å². The van der Waals surface area contributed by atoms with Gasteiger partial charge in [0, 0.05) is 13.1 Å². The normalized spacial score (nSPS) is 30.5. The van der Waals surface area contributed by atoms with Gasteiger partial charge < -0.3 is 9.80 Å². The van der Waals surface area contributed by atoms with Crippen LogP contribution in [0.1, 0.15) is 37.9 Å². The van der Waals surface area contributed by atoms with Gasteiger partial charge >= 0.3 is 0 Å². The lowest BCUT2D eigenvalue weighted by Gasteiger charge is -2.26. The molecular formula is C16H25N3OS. The van der Waals surface area contributed by atoms with Crippen molar-refractivity contribution < 1.29 is 4.79 Å². The summed E-state index contributed by atoms with van der Waals surface area (Å²) in [5, 5.41) is 7.80. The molecular weight excluding hydrogens is 282 g/mol. The molecule has 3 rings (SSSR count). The smallest absolute Gasteiger partial charge is 0.241 e. The minimum absolute atomic E-state index is 0.000896. The summed E-state index contributed by atoms with van der Waals surface area (Å²) in [6.07, 6.45) is 3.25. The first-order valence-electron chi connectivity index (χ1n) is 7.96. The topological polar surface area (TPSA) is 35.6 Å². The van der Waals surface area contributed by atoms with Crippen molar-refractivity contribution in [2.45, 2.75) is 38.4 Å². The predicted octanol–water partition coefficient (Wildman–Crippen LogP) is 2.30.